The second kappa shape index (κ2) is 36.6. The van der Waals surface area contributed by atoms with Crippen LogP contribution in [-0.4, -0.2) is 94.5 Å². The Kier molecular flexibility index (Phi) is 31.0. The first-order chi connectivity index (χ1) is 35.1. The fourth-order valence-corrected chi connectivity index (χ4v) is 6.15. The van der Waals surface area contributed by atoms with Crippen molar-refractivity contribution in [2.24, 2.45) is 5.41 Å². The number of methoxy groups -OCH3 is 1. The van der Waals surface area contributed by atoms with Crippen molar-refractivity contribution in [3.8, 4) is 17.2 Å². The highest BCUT2D eigenvalue weighted by Crippen LogP contribution is 2.23. The minimum absolute atomic E-state index is 0.131. The van der Waals surface area contributed by atoms with Crippen LogP contribution in [0.15, 0.2) is 98.1 Å². The summed E-state index contributed by atoms with van der Waals surface area (Å²) in [7, 11) is 1.21. The van der Waals surface area contributed by atoms with Gasteiger partial charge in [0.15, 0.2) is 0 Å². The van der Waals surface area contributed by atoms with Crippen molar-refractivity contribution in [1.29, 1.82) is 0 Å². The van der Waals surface area contributed by atoms with Crippen molar-refractivity contribution in [3.63, 3.8) is 0 Å². The Morgan fingerprint density at radius 2 is 0.849 bits per heavy atom. The summed E-state index contributed by atoms with van der Waals surface area (Å²) in [4.78, 5) is 94.4. The molecule has 0 spiro atoms. The molecular formula is C56H72O17. The van der Waals surface area contributed by atoms with E-state index in [-0.39, 0.29) is 58.7 Å². The van der Waals surface area contributed by atoms with Crippen LogP contribution in [0.25, 0.3) is 0 Å². The van der Waals surface area contributed by atoms with Crippen LogP contribution in [0.2, 0.25) is 0 Å². The van der Waals surface area contributed by atoms with Gasteiger partial charge in [0.25, 0.3) is 0 Å². The third kappa shape index (κ3) is 29.0. The molecule has 0 aliphatic heterocycles. The molecule has 0 saturated carbocycles. The van der Waals surface area contributed by atoms with Crippen LogP contribution >= 0.6 is 0 Å². The number of rotatable bonds is 34. The molecule has 0 aliphatic carbocycles. The molecule has 17 heteroatoms. The number of ether oxygens (including phenoxy) is 9. The topological polar surface area (TPSA) is 220 Å². The highest BCUT2D eigenvalue weighted by molar-refractivity contribution is 5.92. The Labute approximate surface area is 428 Å². The van der Waals surface area contributed by atoms with Crippen LogP contribution < -0.4 is 14.2 Å². The molecule has 0 heterocycles. The van der Waals surface area contributed by atoms with E-state index in [1.807, 2.05) is 19.1 Å². The second-order valence-corrected chi connectivity index (χ2v) is 17.1. The Balaban J connectivity index is 0.000000507. The smallest absolute Gasteiger partial charge is 0.343 e. The lowest BCUT2D eigenvalue weighted by Gasteiger charge is -2.28. The monoisotopic (exact) mass is 1020 g/mol. The number of unbranched alkanes of at least 4 members (excludes halogenated alkanes) is 8. The van der Waals surface area contributed by atoms with E-state index >= 15 is 0 Å². The number of benzene rings is 3. The van der Waals surface area contributed by atoms with Gasteiger partial charge in [0.1, 0.15) is 37.1 Å². The predicted octanol–water partition coefficient (Wildman–Crippen LogP) is 9.94. The van der Waals surface area contributed by atoms with Crippen molar-refractivity contribution in [3.05, 3.63) is 115 Å². The van der Waals surface area contributed by atoms with E-state index in [0.717, 1.165) is 29.9 Å². The molecule has 0 bridgehead atoms. The maximum atomic E-state index is 12.4. The van der Waals surface area contributed by atoms with Gasteiger partial charge in [-0.15, -0.1) is 0 Å². The van der Waals surface area contributed by atoms with Crippen molar-refractivity contribution in [2.75, 3.05) is 46.8 Å². The minimum atomic E-state index is -1.02. The van der Waals surface area contributed by atoms with Gasteiger partial charge in [0, 0.05) is 25.0 Å². The highest BCUT2D eigenvalue weighted by Gasteiger charge is 2.31. The molecule has 0 aromatic heterocycles. The summed E-state index contributed by atoms with van der Waals surface area (Å²) >= 11 is 0. The van der Waals surface area contributed by atoms with Gasteiger partial charge >= 0.3 is 47.8 Å². The molecule has 3 rings (SSSR count). The standard InChI is InChI=1S/C28H42O12.C28H30O5/c1-5-22(29)36-17-11-7-9-13-25(32)38-19-28(3,21-40-27(34)16-15-24(31)35-4)20-39-26(33)14-10-8-12-18-37-23(30)6-2;1-3-4-5-6-7-20-31-24-14-12-23(13-15-24)28(30)33-26-18-16-25(17-19-26)32-27(29)22-10-8-21(2)9-11-22/h5-6H,1-2,7-21H2,3-4H3;8-19H,3-7,20H2,1-2H3. The number of aryl methyl sites for hydroxylation is 1. The second-order valence-electron chi connectivity index (χ2n) is 17.1. The molecular weight excluding hydrogens is 945 g/mol. The molecule has 0 radical (unpaired) electrons. The molecule has 0 amide bonds. The summed E-state index contributed by atoms with van der Waals surface area (Å²) in [5, 5.41) is 0. The molecule has 17 nitrogen and oxygen atoms in total. The molecule has 73 heavy (non-hydrogen) atoms. The summed E-state index contributed by atoms with van der Waals surface area (Å²) in [5.74, 6) is -2.60. The largest absolute Gasteiger partial charge is 0.494 e. The molecule has 398 valence electrons. The third-order valence-electron chi connectivity index (χ3n) is 10.5. The van der Waals surface area contributed by atoms with Gasteiger partial charge in [-0.05, 0) is 119 Å². The van der Waals surface area contributed by atoms with Crippen LogP contribution in [0, 0.1) is 12.3 Å². The maximum absolute atomic E-state index is 12.4. The lowest BCUT2D eigenvalue weighted by atomic mass is 9.94. The van der Waals surface area contributed by atoms with E-state index in [1.165, 1.54) is 32.8 Å². The molecule has 3 aromatic carbocycles. The average Bonchev–Trinajstić information content (AvgIpc) is 3.39. The summed E-state index contributed by atoms with van der Waals surface area (Å²) < 4.78 is 46.7. The lowest BCUT2D eigenvalue weighted by molar-refractivity contribution is -0.162. The predicted molar refractivity (Wildman–Crippen MR) is 270 cm³/mol. The van der Waals surface area contributed by atoms with Crippen LogP contribution in [0.1, 0.15) is 136 Å². The van der Waals surface area contributed by atoms with E-state index < -0.39 is 53.2 Å². The molecule has 0 unspecified atom stereocenters. The molecule has 0 aliphatic rings. The van der Waals surface area contributed by atoms with E-state index in [9.17, 15) is 38.4 Å². The number of hydrogen-bond acceptors (Lipinski definition) is 17. The SMILES string of the molecule is C=CC(=O)OCCCCCC(=O)OCC(C)(COC(=O)CCCCCOC(=O)C=C)COC(=O)CCC(=O)OC.CCCCCCCOc1ccc(C(=O)Oc2ccc(OC(=O)c3ccc(C)cc3)cc2)cc1. The van der Waals surface area contributed by atoms with Crippen molar-refractivity contribution in [1.82, 2.24) is 0 Å². The summed E-state index contributed by atoms with van der Waals surface area (Å²) in [5.41, 5.74) is 0.946. The molecule has 0 saturated heterocycles. The summed E-state index contributed by atoms with van der Waals surface area (Å²) in [6.45, 7) is 13.0. The number of carbonyl (C=O) groups excluding carboxylic acids is 8. The molecule has 0 fully saturated rings. The van der Waals surface area contributed by atoms with E-state index in [1.54, 1.807) is 67.6 Å². The van der Waals surface area contributed by atoms with Gasteiger partial charge in [-0.3, -0.25) is 19.2 Å². The fraction of sp³-hybridized carbons (Fsp3) is 0.464. The average molecular weight is 1020 g/mol. The molecule has 0 atom stereocenters. The third-order valence-corrected chi connectivity index (χ3v) is 10.5. The number of carbonyl (C=O) groups is 8. The highest BCUT2D eigenvalue weighted by atomic mass is 16.6. The van der Waals surface area contributed by atoms with Gasteiger partial charge < -0.3 is 42.6 Å². The van der Waals surface area contributed by atoms with Crippen LogP contribution in [0.5, 0.6) is 17.2 Å². The maximum Gasteiger partial charge on any atom is 0.343 e. The zero-order valence-electron chi connectivity index (χ0n) is 42.8. The molecule has 3 aromatic rings. The van der Waals surface area contributed by atoms with Gasteiger partial charge in [0.05, 0.1) is 56.3 Å². The quantitative estimate of drug-likeness (QED) is 0.0179. The van der Waals surface area contributed by atoms with Crippen LogP contribution in [0.4, 0.5) is 0 Å². The van der Waals surface area contributed by atoms with Gasteiger partial charge in [-0.1, -0.05) is 63.5 Å². The summed E-state index contributed by atoms with van der Waals surface area (Å²) in [6.07, 6.45) is 11.5. The van der Waals surface area contributed by atoms with Gasteiger partial charge in [0.2, 0.25) is 0 Å². The fourth-order valence-electron chi connectivity index (χ4n) is 6.15. The van der Waals surface area contributed by atoms with E-state index in [4.69, 9.17) is 37.9 Å². The Morgan fingerprint density at radius 3 is 1.29 bits per heavy atom. The van der Waals surface area contributed by atoms with E-state index in [2.05, 4.69) is 24.8 Å². The zero-order valence-corrected chi connectivity index (χ0v) is 42.8. The Morgan fingerprint density at radius 1 is 0.466 bits per heavy atom. The first-order valence-corrected chi connectivity index (χ1v) is 24.6. The number of esters is 8. The lowest BCUT2D eigenvalue weighted by Crippen LogP contribution is -2.37. The van der Waals surface area contributed by atoms with E-state index in [0.29, 0.717) is 67.8 Å². The molecule has 0 N–H and O–H groups in total. The normalized spacial score (nSPS) is 10.5. The van der Waals surface area contributed by atoms with Gasteiger partial charge in [-0.2, -0.15) is 0 Å². The minimum Gasteiger partial charge on any atom is -0.494 e. The van der Waals surface area contributed by atoms with Crippen LogP contribution in [-0.2, 0) is 57.2 Å². The van der Waals surface area contributed by atoms with Crippen molar-refractivity contribution in [2.45, 2.75) is 117 Å². The zero-order chi connectivity index (χ0) is 53.7. The summed E-state index contributed by atoms with van der Waals surface area (Å²) in [6, 6.07) is 20.4. The number of hydrogen-bond donors (Lipinski definition) is 0. The van der Waals surface area contributed by atoms with Crippen molar-refractivity contribution < 1.29 is 81.0 Å². The first-order valence-electron chi connectivity index (χ1n) is 24.6. The van der Waals surface area contributed by atoms with Crippen molar-refractivity contribution >= 4 is 47.8 Å². The Bertz CT molecular complexity index is 2130. The van der Waals surface area contributed by atoms with Gasteiger partial charge in [-0.25, -0.2) is 19.2 Å². The van der Waals surface area contributed by atoms with Crippen LogP contribution in [0.3, 0.4) is 0 Å². The Hall–Kier alpha value is -7.30. The first kappa shape index (κ1) is 61.8.